The van der Waals surface area contributed by atoms with Gasteiger partial charge in [0.2, 0.25) is 0 Å². The zero-order chi connectivity index (χ0) is 10.3. The van der Waals surface area contributed by atoms with E-state index in [1.54, 1.807) is 0 Å². The molecule has 0 aromatic carbocycles. The van der Waals surface area contributed by atoms with E-state index in [4.69, 9.17) is 3.79 Å². The van der Waals surface area contributed by atoms with Gasteiger partial charge in [0.15, 0.2) is 0 Å². The summed E-state index contributed by atoms with van der Waals surface area (Å²) < 4.78 is 6.00. The first-order chi connectivity index (χ1) is 6.15. The van der Waals surface area contributed by atoms with Crippen molar-refractivity contribution in [2.45, 2.75) is 51.4 Å². The molecule has 0 rings (SSSR count). The van der Waals surface area contributed by atoms with Gasteiger partial charge >= 0.3 is 14.5 Å². The molecule has 0 radical (unpaired) electrons. The summed E-state index contributed by atoms with van der Waals surface area (Å²) in [5.41, 5.74) is 0. The molecule has 0 aliphatic rings. The summed E-state index contributed by atoms with van der Waals surface area (Å²) >= 11 is -0.886. The lowest BCUT2D eigenvalue weighted by molar-refractivity contribution is 0.0244. The minimum absolute atomic E-state index is 0.381. The standard InChI is InChI=1S/C8H18NO.2CH3.Al/c1-4-7-8(10)9(5-2)6-3;;;/h8H,4-7H2,1-3H3;2*1H3;/q-1;;;+1. The minimum Gasteiger partial charge on any atom is -0.487 e. The molecule has 2 nitrogen and oxygen atoms in total. The van der Waals surface area contributed by atoms with Gasteiger partial charge in [0.25, 0.3) is 0 Å². The van der Waals surface area contributed by atoms with Crippen LogP contribution in [0.2, 0.25) is 11.6 Å². The summed E-state index contributed by atoms with van der Waals surface area (Å²) in [6.45, 7) is 8.83. The molecule has 0 saturated carbocycles. The fourth-order valence-electron chi connectivity index (χ4n) is 1.53. The molecule has 0 aliphatic heterocycles. The van der Waals surface area contributed by atoms with Crippen molar-refractivity contribution in [2.75, 3.05) is 13.1 Å². The Labute approximate surface area is 88.0 Å². The van der Waals surface area contributed by atoms with E-state index < -0.39 is 14.5 Å². The Balaban J connectivity index is 4.03. The zero-order valence-electron chi connectivity index (χ0n) is 9.84. The fourth-order valence-corrected chi connectivity index (χ4v) is 2.47. The molecule has 0 fully saturated rings. The van der Waals surface area contributed by atoms with Gasteiger partial charge in [-0.3, -0.25) is 4.90 Å². The number of hydrogen-bond acceptors (Lipinski definition) is 2. The van der Waals surface area contributed by atoms with Crippen LogP contribution in [-0.2, 0) is 3.79 Å². The molecule has 78 valence electrons. The minimum atomic E-state index is -0.886. The highest BCUT2D eigenvalue weighted by Crippen LogP contribution is 2.09. The third-order valence-electron chi connectivity index (χ3n) is 2.18. The lowest BCUT2D eigenvalue weighted by Gasteiger charge is -2.31. The summed E-state index contributed by atoms with van der Waals surface area (Å²) in [4.78, 5) is 2.41. The van der Waals surface area contributed by atoms with Crippen LogP contribution >= 0.6 is 0 Å². The summed E-state index contributed by atoms with van der Waals surface area (Å²) in [5.74, 6) is 4.48. The molecule has 0 saturated heterocycles. The van der Waals surface area contributed by atoms with Crippen LogP contribution in [-0.4, -0.2) is 38.7 Å². The van der Waals surface area contributed by atoms with E-state index in [1.807, 2.05) is 0 Å². The van der Waals surface area contributed by atoms with Crippen LogP contribution in [0.3, 0.4) is 0 Å². The molecular formula is C10H24AlNO. The van der Waals surface area contributed by atoms with Crippen molar-refractivity contribution in [3.8, 4) is 0 Å². The molecule has 0 bridgehead atoms. The summed E-state index contributed by atoms with van der Waals surface area (Å²) in [7, 11) is 0. The second kappa shape index (κ2) is 7.82. The maximum atomic E-state index is 6.00. The van der Waals surface area contributed by atoms with Gasteiger partial charge < -0.3 is 3.79 Å². The van der Waals surface area contributed by atoms with Gasteiger partial charge in [0.1, 0.15) is 0 Å². The maximum absolute atomic E-state index is 6.00. The quantitative estimate of drug-likeness (QED) is 0.464. The van der Waals surface area contributed by atoms with Crippen molar-refractivity contribution in [2.24, 2.45) is 0 Å². The van der Waals surface area contributed by atoms with Crippen molar-refractivity contribution < 1.29 is 3.79 Å². The largest absolute Gasteiger partial charge is 0.487 e. The Kier molecular flexibility index (Phi) is 8.09. The normalized spacial score (nSPS) is 13.4. The molecule has 1 atom stereocenters. The average molecular weight is 201 g/mol. The second-order valence-corrected chi connectivity index (χ2v) is 6.02. The Morgan fingerprint density at radius 1 is 1.15 bits per heavy atom. The number of rotatable bonds is 7. The molecule has 1 unspecified atom stereocenters. The van der Waals surface area contributed by atoms with E-state index in [9.17, 15) is 0 Å². The van der Waals surface area contributed by atoms with Crippen molar-refractivity contribution in [3.05, 3.63) is 0 Å². The van der Waals surface area contributed by atoms with Crippen molar-refractivity contribution >= 4 is 14.5 Å². The third kappa shape index (κ3) is 5.70. The highest BCUT2D eigenvalue weighted by Gasteiger charge is 2.18. The van der Waals surface area contributed by atoms with E-state index >= 15 is 0 Å². The van der Waals surface area contributed by atoms with Gasteiger partial charge in [-0.1, -0.05) is 38.8 Å². The molecule has 0 amide bonds. The van der Waals surface area contributed by atoms with Crippen molar-refractivity contribution in [1.82, 2.24) is 4.90 Å². The highest BCUT2D eigenvalue weighted by atomic mass is 27.2. The Bertz CT molecular complexity index is 115. The van der Waals surface area contributed by atoms with E-state index in [-0.39, 0.29) is 0 Å². The van der Waals surface area contributed by atoms with Gasteiger partial charge in [-0.05, 0) is 19.5 Å². The molecule has 3 heteroatoms. The molecule has 0 spiro atoms. The first kappa shape index (κ1) is 13.5. The highest BCUT2D eigenvalue weighted by molar-refractivity contribution is 6.48. The lowest BCUT2D eigenvalue weighted by Crippen LogP contribution is -2.39. The predicted molar refractivity (Wildman–Crippen MR) is 60.2 cm³/mol. The first-order valence-corrected chi connectivity index (χ1v) is 8.33. The SMILES string of the molecule is CCCC([O][Al]([CH3])[CH3])N(CC)CC. The molecule has 0 aromatic heterocycles. The van der Waals surface area contributed by atoms with Crippen LogP contribution in [0, 0.1) is 0 Å². The second-order valence-electron chi connectivity index (χ2n) is 3.65. The van der Waals surface area contributed by atoms with Crippen LogP contribution < -0.4 is 0 Å². The summed E-state index contributed by atoms with van der Waals surface area (Å²) in [5, 5.41) is 0. The summed E-state index contributed by atoms with van der Waals surface area (Å²) in [6, 6.07) is 0. The Morgan fingerprint density at radius 2 is 1.69 bits per heavy atom. The zero-order valence-corrected chi connectivity index (χ0v) is 11.0. The first-order valence-electron chi connectivity index (χ1n) is 5.55. The van der Waals surface area contributed by atoms with Crippen molar-refractivity contribution in [1.29, 1.82) is 0 Å². The predicted octanol–water partition coefficient (Wildman–Crippen LogP) is 2.72. The van der Waals surface area contributed by atoms with E-state index in [0.29, 0.717) is 6.23 Å². The fraction of sp³-hybridized carbons (Fsp3) is 1.00. The topological polar surface area (TPSA) is 12.5 Å². The number of nitrogens with zero attached hydrogens (tertiary/aromatic N) is 1. The van der Waals surface area contributed by atoms with Crippen molar-refractivity contribution in [3.63, 3.8) is 0 Å². The molecule has 0 aliphatic carbocycles. The van der Waals surface area contributed by atoms with Gasteiger partial charge in [0, 0.05) is 0 Å². The summed E-state index contributed by atoms with van der Waals surface area (Å²) in [6.07, 6.45) is 2.77. The van der Waals surface area contributed by atoms with Gasteiger partial charge in [-0.25, -0.2) is 0 Å². The van der Waals surface area contributed by atoms with Crippen LogP contribution in [0.1, 0.15) is 33.6 Å². The smallest absolute Gasteiger partial charge is 0.455 e. The third-order valence-corrected chi connectivity index (χ3v) is 3.04. The molecule has 0 heterocycles. The Morgan fingerprint density at radius 3 is 2.00 bits per heavy atom. The molecular weight excluding hydrogens is 177 g/mol. The van der Waals surface area contributed by atoms with E-state index in [2.05, 4.69) is 37.2 Å². The van der Waals surface area contributed by atoms with Gasteiger partial charge in [0.05, 0.1) is 6.23 Å². The maximum Gasteiger partial charge on any atom is 0.455 e. The molecule has 0 aromatic rings. The monoisotopic (exact) mass is 201 g/mol. The van der Waals surface area contributed by atoms with E-state index in [0.717, 1.165) is 13.1 Å². The van der Waals surface area contributed by atoms with Gasteiger partial charge in [-0.2, -0.15) is 0 Å². The molecule has 13 heavy (non-hydrogen) atoms. The molecule has 0 N–H and O–H groups in total. The van der Waals surface area contributed by atoms with Crippen LogP contribution in [0.4, 0.5) is 0 Å². The van der Waals surface area contributed by atoms with Crippen LogP contribution in [0.15, 0.2) is 0 Å². The van der Waals surface area contributed by atoms with Crippen LogP contribution in [0.5, 0.6) is 0 Å². The Hall–Kier alpha value is 0.452. The average Bonchev–Trinajstić information content (AvgIpc) is 2.05. The number of hydrogen-bond donors (Lipinski definition) is 0. The lowest BCUT2D eigenvalue weighted by atomic mass is 10.3. The van der Waals surface area contributed by atoms with Crippen LogP contribution in [0.25, 0.3) is 0 Å². The van der Waals surface area contributed by atoms with Gasteiger partial charge in [-0.15, -0.1) is 0 Å². The van der Waals surface area contributed by atoms with E-state index in [1.165, 1.54) is 12.8 Å².